The molecule has 0 aromatic rings. The average molecular weight is 210 g/mol. The third-order valence-electron chi connectivity index (χ3n) is 3.79. The highest BCUT2D eigenvalue weighted by atomic mass is 19.1. The molecule has 15 heavy (non-hydrogen) atoms. The lowest BCUT2D eigenvalue weighted by atomic mass is 9.84. The molecule has 1 saturated carbocycles. The van der Waals surface area contributed by atoms with E-state index in [2.05, 4.69) is 13.0 Å². The molecular formula is C13H19FO. The molecule has 2 bridgehead atoms. The van der Waals surface area contributed by atoms with Crippen LogP contribution >= 0.6 is 0 Å². The number of allylic oxidation sites excluding steroid dienone is 2. The number of fused-ring (bicyclic) bond motifs is 2. The molecule has 0 aliphatic heterocycles. The summed E-state index contributed by atoms with van der Waals surface area (Å²) >= 11 is 0. The van der Waals surface area contributed by atoms with Crippen LogP contribution in [-0.2, 0) is 4.79 Å². The molecule has 3 atom stereocenters. The van der Waals surface area contributed by atoms with Crippen molar-refractivity contribution >= 4 is 5.78 Å². The van der Waals surface area contributed by atoms with Gasteiger partial charge in [-0.1, -0.05) is 31.9 Å². The fourth-order valence-electron chi connectivity index (χ4n) is 2.86. The minimum Gasteiger partial charge on any atom is -0.296 e. The molecule has 0 spiro atoms. The average Bonchev–Trinajstić information content (AvgIpc) is 2.78. The van der Waals surface area contributed by atoms with Gasteiger partial charge in [0.1, 0.15) is 0 Å². The molecular weight excluding hydrogens is 191 g/mol. The van der Waals surface area contributed by atoms with E-state index in [4.69, 9.17) is 0 Å². The Morgan fingerprint density at radius 1 is 1.47 bits per heavy atom. The van der Waals surface area contributed by atoms with E-state index in [9.17, 15) is 9.18 Å². The Morgan fingerprint density at radius 2 is 2.27 bits per heavy atom. The van der Waals surface area contributed by atoms with Gasteiger partial charge in [-0.2, -0.15) is 0 Å². The van der Waals surface area contributed by atoms with Crippen molar-refractivity contribution in [1.82, 2.24) is 0 Å². The highest BCUT2D eigenvalue weighted by molar-refractivity contribution is 5.88. The van der Waals surface area contributed by atoms with E-state index in [1.807, 2.05) is 6.08 Å². The largest absolute Gasteiger partial charge is 0.296 e. The molecule has 84 valence electrons. The third kappa shape index (κ3) is 1.86. The fourth-order valence-corrected chi connectivity index (χ4v) is 2.86. The smallest absolute Gasteiger partial charge is 0.175 e. The number of halogens is 1. The van der Waals surface area contributed by atoms with Crippen LogP contribution < -0.4 is 0 Å². The first-order chi connectivity index (χ1) is 7.16. The van der Waals surface area contributed by atoms with E-state index >= 15 is 0 Å². The van der Waals surface area contributed by atoms with Gasteiger partial charge in [-0.05, 0) is 25.2 Å². The van der Waals surface area contributed by atoms with Gasteiger partial charge in [-0.25, -0.2) is 4.39 Å². The van der Waals surface area contributed by atoms with Gasteiger partial charge < -0.3 is 0 Å². The van der Waals surface area contributed by atoms with E-state index < -0.39 is 5.67 Å². The maximum Gasteiger partial charge on any atom is 0.175 e. The monoisotopic (exact) mass is 210 g/mol. The first-order valence-corrected chi connectivity index (χ1v) is 6.07. The van der Waals surface area contributed by atoms with Crippen LogP contribution in [0.25, 0.3) is 0 Å². The van der Waals surface area contributed by atoms with Crippen molar-refractivity contribution in [2.45, 2.75) is 51.1 Å². The Bertz CT molecular complexity index is 284. The zero-order valence-electron chi connectivity index (χ0n) is 9.34. The summed E-state index contributed by atoms with van der Waals surface area (Å²) in [5.41, 5.74) is -1.51. The Labute approximate surface area is 90.7 Å². The van der Waals surface area contributed by atoms with Crippen LogP contribution in [0.15, 0.2) is 12.2 Å². The van der Waals surface area contributed by atoms with Crippen LogP contribution in [0, 0.1) is 11.8 Å². The van der Waals surface area contributed by atoms with Gasteiger partial charge in [0.05, 0.1) is 0 Å². The number of carbonyl (C=O) groups is 1. The quantitative estimate of drug-likeness (QED) is 0.502. The van der Waals surface area contributed by atoms with Crippen LogP contribution in [0.2, 0.25) is 0 Å². The minimum absolute atomic E-state index is 0.114. The lowest BCUT2D eigenvalue weighted by molar-refractivity contribution is -0.132. The van der Waals surface area contributed by atoms with Crippen LogP contribution in [0.3, 0.4) is 0 Å². The first-order valence-electron chi connectivity index (χ1n) is 6.07. The first kappa shape index (κ1) is 10.8. The van der Waals surface area contributed by atoms with Crippen LogP contribution in [-0.4, -0.2) is 11.5 Å². The number of carbonyl (C=O) groups excluding carboxylic acids is 1. The Hall–Kier alpha value is -0.660. The Balaban J connectivity index is 1.92. The predicted molar refractivity (Wildman–Crippen MR) is 58.3 cm³/mol. The predicted octanol–water partition coefficient (Wildman–Crippen LogP) is 3.44. The number of rotatable bonds is 5. The van der Waals surface area contributed by atoms with Gasteiger partial charge in [0.25, 0.3) is 0 Å². The summed E-state index contributed by atoms with van der Waals surface area (Å²) in [7, 11) is 0. The number of hydrogen-bond donors (Lipinski definition) is 0. The summed E-state index contributed by atoms with van der Waals surface area (Å²) < 4.78 is 14.4. The van der Waals surface area contributed by atoms with Crippen molar-refractivity contribution < 1.29 is 9.18 Å². The molecule has 0 radical (unpaired) electrons. The Kier molecular flexibility index (Phi) is 2.94. The molecule has 0 aromatic carbocycles. The van der Waals surface area contributed by atoms with E-state index in [1.165, 1.54) is 0 Å². The van der Waals surface area contributed by atoms with Crippen LogP contribution in [0.4, 0.5) is 4.39 Å². The summed E-state index contributed by atoms with van der Waals surface area (Å²) in [5.74, 6) is 0.0690. The number of Topliss-reactive ketones (excluding diaryl/α,β-unsaturated/α-hetero) is 1. The van der Waals surface area contributed by atoms with Gasteiger partial charge in [-0.15, -0.1) is 0 Å². The van der Waals surface area contributed by atoms with Crippen molar-refractivity contribution in [3.8, 4) is 0 Å². The second kappa shape index (κ2) is 4.07. The molecule has 1 nitrogen and oxygen atoms in total. The molecule has 0 N–H and O–H groups in total. The number of unbranched alkanes of at least 4 members (excludes halogenated alkanes) is 2. The van der Waals surface area contributed by atoms with Gasteiger partial charge in [-0.3, -0.25) is 4.79 Å². The second-order valence-electron chi connectivity index (χ2n) is 4.93. The molecule has 2 aliphatic carbocycles. The van der Waals surface area contributed by atoms with Crippen molar-refractivity contribution in [1.29, 1.82) is 0 Å². The van der Waals surface area contributed by atoms with E-state index in [0.717, 1.165) is 25.7 Å². The molecule has 0 unspecified atom stereocenters. The zero-order chi connectivity index (χ0) is 10.9. The molecule has 2 heteroatoms. The summed E-state index contributed by atoms with van der Waals surface area (Å²) in [4.78, 5) is 11.8. The molecule has 0 amide bonds. The van der Waals surface area contributed by atoms with Gasteiger partial charge in [0, 0.05) is 12.3 Å². The van der Waals surface area contributed by atoms with Crippen molar-refractivity contribution in [3.63, 3.8) is 0 Å². The topological polar surface area (TPSA) is 17.1 Å². The van der Waals surface area contributed by atoms with E-state index in [1.54, 1.807) is 0 Å². The summed E-state index contributed by atoms with van der Waals surface area (Å²) in [6.45, 7) is 2.09. The second-order valence-corrected chi connectivity index (χ2v) is 4.93. The lowest BCUT2D eigenvalue weighted by Crippen LogP contribution is -2.37. The third-order valence-corrected chi connectivity index (χ3v) is 3.79. The maximum absolute atomic E-state index is 14.4. The summed E-state index contributed by atoms with van der Waals surface area (Å²) in [6, 6.07) is 0. The molecule has 0 heterocycles. The van der Waals surface area contributed by atoms with Crippen molar-refractivity contribution in [2.75, 3.05) is 0 Å². The molecule has 1 fully saturated rings. The fraction of sp³-hybridized carbons (Fsp3) is 0.769. The highest BCUT2D eigenvalue weighted by Crippen LogP contribution is 2.49. The van der Waals surface area contributed by atoms with Crippen LogP contribution in [0.5, 0.6) is 0 Å². The SMILES string of the molecule is CCCCCC(=O)[C@]1(F)C[C@@H]2C=C[C@H]1C2. The van der Waals surface area contributed by atoms with Crippen molar-refractivity contribution in [2.24, 2.45) is 11.8 Å². The minimum atomic E-state index is -1.51. The van der Waals surface area contributed by atoms with Gasteiger partial charge in [0.2, 0.25) is 0 Å². The molecule has 0 saturated heterocycles. The van der Waals surface area contributed by atoms with Gasteiger partial charge in [0.15, 0.2) is 11.5 Å². The normalized spacial score (nSPS) is 37.5. The molecule has 0 aromatic heterocycles. The highest BCUT2D eigenvalue weighted by Gasteiger charge is 2.53. The number of hydrogen-bond acceptors (Lipinski definition) is 1. The van der Waals surface area contributed by atoms with E-state index in [-0.39, 0.29) is 11.7 Å². The van der Waals surface area contributed by atoms with E-state index in [0.29, 0.717) is 18.8 Å². The standard InChI is InChI=1S/C13H19FO/c1-2-3-4-5-12(15)13(14)9-10-6-7-11(13)8-10/h6-7,10-11H,2-5,8-9H2,1H3/t10-,11+,13+/m1/s1. The molecule has 2 rings (SSSR count). The van der Waals surface area contributed by atoms with Gasteiger partial charge >= 0.3 is 0 Å². The number of alkyl halides is 1. The van der Waals surface area contributed by atoms with Crippen LogP contribution in [0.1, 0.15) is 45.4 Å². The maximum atomic E-state index is 14.4. The summed E-state index contributed by atoms with van der Waals surface area (Å²) in [5, 5.41) is 0. The summed E-state index contributed by atoms with van der Waals surface area (Å²) in [6.07, 6.45) is 8.68. The molecule has 2 aliphatic rings. The van der Waals surface area contributed by atoms with Crippen molar-refractivity contribution in [3.05, 3.63) is 12.2 Å². The Morgan fingerprint density at radius 3 is 2.80 bits per heavy atom. The lowest BCUT2D eigenvalue weighted by Gasteiger charge is -2.25. The zero-order valence-corrected chi connectivity index (χ0v) is 9.34. The number of ketones is 1.